The van der Waals surface area contributed by atoms with E-state index in [0.717, 1.165) is 6.54 Å². The first-order valence-corrected chi connectivity index (χ1v) is 10.5. The van der Waals surface area contributed by atoms with Crippen LogP contribution in [0.1, 0.15) is 17.5 Å². The molecule has 0 unspecified atom stereocenters. The fraction of sp³-hybridized carbons (Fsp3) is 0.474. The number of aromatic nitrogens is 2. The smallest absolute Gasteiger partial charge is 0.316 e. The molecular weight excluding hydrogens is 350 g/mol. The maximum atomic E-state index is 12.7. The number of nitrogens with zero attached hydrogens (tertiary/aromatic N) is 3. The lowest BCUT2D eigenvalue weighted by molar-refractivity contribution is 0.0572. The number of likely N-dealkylation sites (tertiary alicyclic amines) is 1. The Morgan fingerprint density at radius 1 is 1.23 bits per heavy atom. The Kier molecular flexibility index (Phi) is 4.44. The average molecular weight is 373 g/mol. The van der Waals surface area contributed by atoms with Gasteiger partial charge < -0.3 is 4.74 Å². The van der Waals surface area contributed by atoms with Crippen LogP contribution in [0.3, 0.4) is 0 Å². The Labute approximate surface area is 154 Å². The molecule has 0 saturated carbocycles. The molecule has 138 valence electrons. The zero-order valence-corrected chi connectivity index (χ0v) is 15.7. The first-order chi connectivity index (χ1) is 12.5. The van der Waals surface area contributed by atoms with Gasteiger partial charge >= 0.3 is 6.01 Å². The molecule has 1 atom stereocenters. The lowest BCUT2D eigenvalue weighted by Gasteiger charge is -2.50. The van der Waals surface area contributed by atoms with Crippen molar-refractivity contribution in [1.82, 2.24) is 14.9 Å². The minimum Gasteiger partial charge on any atom is -0.463 e. The van der Waals surface area contributed by atoms with E-state index < -0.39 is 14.6 Å². The van der Waals surface area contributed by atoms with Gasteiger partial charge in [0.25, 0.3) is 0 Å². The van der Waals surface area contributed by atoms with Crippen molar-refractivity contribution in [3.8, 4) is 6.01 Å². The molecule has 2 aliphatic rings. The second-order valence-electron chi connectivity index (χ2n) is 7.35. The molecule has 26 heavy (non-hydrogen) atoms. The number of benzene rings is 1. The first-order valence-electron chi connectivity index (χ1n) is 8.89. The van der Waals surface area contributed by atoms with Crippen LogP contribution >= 0.6 is 0 Å². The van der Waals surface area contributed by atoms with Gasteiger partial charge in [-0.2, -0.15) is 0 Å². The summed E-state index contributed by atoms with van der Waals surface area (Å²) < 4.78 is 30.5. The van der Waals surface area contributed by atoms with Gasteiger partial charge in [-0.1, -0.05) is 29.8 Å². The largest absolute Gasteiger partial charge is 0.463 e. The Morgan fingerprint density at radius 3 is 2.73 bits per heavy atom. The van der Waals surface area contributed by atoms with E-state index in [0.29, 0.717) is 32.1 Å². The highest BCUT2D eigenvalue weighted by Crippen LogP contribution is 2.45. The Hall–Kier alpha value is -1.99. The van der Waals surface area contributed by atoms with Crippen LogP contribution in [0.2, 0.25) is 0 Å². The molecule has 7 heteroatoms. The van der Waals surface area contributed by atoms with Crippen LogP contribution in [-0.4, -0.2) is 53.5 Å². The summed E-state index contributed by atoms with van der Waals surface area (Å²) in [4.78, 5) is 10.3. The van der Waals surface area contributed by atoms with E-state index in [1.807, 2.05) is 6.07 Å². The van der Waals surface area contributed by atoms with E-state index >= 15 is 0 Å². The van der Waals surface area contributed by atoms with Gasteiger partial charge in [0.05, 0.1) is 12.4 Å². The predicted octanol–water partition coefficient (Wildman–Crippen LogP) is 1.85. The summed E-state index contributed by atoms with van der Waals surface area (Å²) in [5.74, 6) is 0.236. The number of rotatable bonds is 5. The van der Waals surface area contributed by atoms with Crippen LogP contribution in [0.5, 0.6) is 6.01 Å². The molecule has 0 amide bonds. The van der Waals surface area contributed by atoms with E-state index in [9.17, 15) is 8.42 Å². The Morgan fingerprint density at radius 2 is 2.00 bits per heavy atom. The topological polar surface area (TPSA) is 72.4 Å². The molecule has 4 rings (SSSR count). The molecule has 2 aliphatic heterocycles. The zero-order chi connectivity index (χ0) is 18.2. The molecule has 2 saturated heterocycles. The summed E-state index contributed by atoms with van der Waals surface area (Å²) in [7, 11) is -3.10. The molecule has 6 nitrogen and oxygen atoms in total. The molecule has 0 bridgehead atoms. The second-order valence-corrected chi connectivity index (χ2v) is 9.80. The highest BCUT2D eigenvalue weighted by atomic mass is 32.2. The predicted molar refractivity (Wildman–Crippen MR) is 98.6 cm³/mol. The molecular formula is C19H23N3O3S. The monoisotopic (exact) mass is 373 g/mol. The maximum Gasteiger partial charge on any atom is 0.316 e. The summed E-state index contributed by atoms with van der Waals surface area (Å²) in [5.41, 5.74) is 2.45. The molecule has 3 heterocycles. The first kappa shape index (κ1) is 17.4. The molecule has 0 radical (unpaired) electrons. The third-order valence-electron chi connectivity index (χ3n) is 5.53. The normalized spacial score (nSPS) is 23.7. The van der Waals surface area contributed by atoms with E-state index in [1.165, 1.54) is 11.1 Å². The minimum absolute atomic E-state index is 0.00920. The van der Waals surface area contributed by atoms with Gasteiger partial charge in [-0.25, -0.2) is 18.4 Å². The summed E-state index contributed by atoms with van der Waals surface area (Å²) >= 11 is 0. The molecule has 1 spiro atoms. The van der Waals surface area contributed by atoms with E-state index in [-0.39, 0.29) is 11.7 Å². The highest BCUT2D eigenvalue weighted by Gasteiger charge is 2.61. The lowest BCUT2D eigenvalue weighted by Crippen LogP contribution is -2.67. The third-order valence-corrected chi connectivity index (χ3v) is 8.13. The van der Waals surface area contributed by atoms with Crippen molar-refractivity contribution in [3.05, 3.63) is 53.9 Å². The van der Waals surface area contributed by atoms with Crippen LogP contribution in [0.15, 0.2) is 42.7 Å². The van der Waals surface area contributed by atoms with E-state index in [2.05, 4.69) is 40.0 Å². The molecule has 2 fully saturated rings. The van der Waals surface area contributed by atoms with Crippen LogP contribution in [0.25, 0.3) is 0 Å². The van der Waals surface area contributed by atoms with Crippen LogP contribution in [-0.2, 0) is 16.4 Å². The molecule has 0 aliphatic carbocycles. The molecule has 0 N–H and O–H groups in total. The Balaban J connectivity index is 1.43. The van der Waals surface area contributed by atoms with E-state index in [1.54, 1.807) is 18.5 Å². The summed E-state index contributed by atoms with van der Waals surface area (Å²) in [6.07, 6.45) is 3.89. The summed E-state index contributed by atoms with van der Waals surface area (Å²) in [6.45, 7) is 4.36. The number of hydrogen-bond acceptors (Lipinski definition) is 6. The van der Waals surface area contributed by atoms with Crippen molar-refractivity contribution in [3.63, 3.8) is 0 Å². The van der Waals surface area contributed by atoms with Crippen molar-refractivity contribution in [2.24, 2.45) is 5.92 Å². The number of aryl methyl sites for hydroxylation is 1. The average Bonchev–Trinajstić information content (AvgIpc) is 2.85. The van der Waals surface area contributed by atoms with Gasteiger partial charge in [0, 0.05) is 37.9 Å². The Bertz CT molecular complexity index is 880. The summed E-state index contributed by atoms with van der Waals surface area (Å²) in [6, 6.07) is 10.4. The number of ether oxygens (including phenoxy) is 1. The number of hydrogen-bond donors (Lipinski definition) is 0. The fourth-order valence-electron chi connectivity index (χ4n) is 4.13. The maximum absolute atomic E-state index is 12.7. The van der Waals surface area contributed by atoms with Crippen LogP contribution in [0, 0.1) is 12.8 Å². The zero-order valence-electron chi connectivity index (χ0n) is 14.8. The fourth-order valence-corrected chi connectivity index (χ4v) is 6.59. The quantitative estimate of drug-likeness (QED) is 0.797. The van der Waals surface area contributed by atoms with Crippen molar-refractivity contribution in [2.75, 3.05) is 25.4 Å². The molecule has 1 aromatic carbocycles. The van der Waals surface area contributed by atoms with Crippen molar-refractivity contribution in [1.29, 1.82) is 0 Å². The molecule has 1 aromatic heterocycles. The van der Waals surface area contributed by atoms with Gasteiger partial charge in [-0.15, -0.1) is 0 Å². The SMILES string of the molecule is Cc1cccc(CN2CC3(C2)[C@@H](COc2ncccn2)CCS3(=O)=O)c1. The summed E-state index contributed by atoms with van der Waals surface area (Å²) in [5, 5.41) is 0. The minimum atomic E-state index is -3.10. The second kappa shape index (κ2) is 6.63. The van der Waals surface area contributed by atoms with Crippen LogP contribution in [0.4, 0.5) is 0 Å². The van der Waals surface area contributed by atoms with Crippen molar-refractivity contribution >= 4 is 9.84 Å². The van der Waals surface area contributed by atoms with Gasteiger partial charge in [-0.3, -0.25) is 4.90 Å². The van der Waals surface area contributed by atoms with Crippen molar-refractivity contribution < 1.29 is 13.2 Å². The third kappa shape index (κ3) is 3.10. The van der Waals surface area contributed by atoms with Gasteiger partial charge in [0.15, 0.2) is 9.84 Å². The van der Waals surface area contributed by atoms with E-state index in [4.69, 9.17) is 4.74 Å². The van der Waals surface area contributed by atoms with Gasteiger partial charge in [0.2, 0.25) is 0 Å². The van der Waals surface area contributed by atoms with Crippen molar-refractivity contribution in [2.45, 2.75) is 24.6 Å². The standard InChI is InChI=1S/C19H23N3O3S/c1-15-4-2-5-16(10-15)11-22-13-19(14-22)17(6-9-26(19,23)24)12-25-18-20-7-3-8-21-18/h2-5,7-8,10,17H,6,9,11-14H2,1H3/t17-/m1/s1. The lowest BCUT2D eigenvalue weighted by atomic mass is 9.83. The van der Waals surface area contributed by atoms with Gasteiger partial charge in [-0.05, 0) is 25.0 Å². The van der Waals surface area contributed by atoms with Crippen LogP contribution < -0.4 is 4.74 Å². The van der Waals surface area contributed by atoms with Gasteiger partial charge in [0.1, 0.15) is 4.75 Å². The number of sulfone groups is 1. The molecule has 2 aromatic rings. The highest BCUT2D eigenvalue weighted by molar-refractivity contribution is 7.93.